The highest BCUT2D eigenvalue weighted by molar-refractivity contribution is 6.22. The van der Waals surface area contributed by atoms with Gasteiger partial charge in [-0.15, -0.1) is 0 Å². The molecular formula is C19H21N3O4. The molecule has 3 N–H and O–H groups in total. The number of nitrogens with zero attached hydrogens (tertiary/aromatic N) is 1. The third-order valence-corrected chi connectivity index (χ3v) is 6.15. The minimum absolute atomic E-state index is 0.226. The maximum Gasteiger partial charge on any atom is 0.262 e. The van der Waals surface area contributed by atoms with Crippen LogP contribution in [0.4, 0.5) is 5.69 Å². The van der Waals surface area contributed by atoms with Crippen molar-refractivity contribution >= 4 is 23.4 Å². The fourth-order valence-corrected chi connectivity index (χ4v) is 5.39. The first-order chi connectivity index (χ1) is 12.4. The Morgan fingerprint density at radius 3 is 2.54 bits per heavy atom. The number of nitrogen functional groups attached to an aromatic ring is 1. The second-order valence-corrected chi connectivity index (χ2v) is 8.13. The van der Waals surface area contributed by atoms with Crippen LogP contribution in [0.2, 0.25) is 0 Å². The molecule has 1 aromatic carbocycles. The van der Waals surface area contributed by atoms with Crippen LogP contribution in [-0.4, -0.2) is 41.0 Å². The molecule has 26 heavy (non-hydrogen) atoms. The molecule has 4 atom stereocenters. The van der Waals surface area contributed by atoms with E-state index in [4.69, 9.17) is 10.5 Å². The van der Waals surface area contributed by atoms with Gasteiger partial charge in [0, 0.05) is 5.69 Å². The van der Waals surface area contributed by atoms with Gasteiger partial charge in [0.2, 0.25) is 5.91 Å². The van der Waals surface area contributed by atoms with Crippen molar-refractivity contribution in [3.63, 3.8) is 0 Å². The van der Waals surface area contributed by atoms with E-state index in [2.05, 4.69) is 5.32 Å². The summed E-state index contributed by atoms with van der Waals surface area (Å²) in [4.78, 5) is 38.6. The van der Waals surface area contributed by atoms with Crippen molar-refractivity contribution in [1.82, 2.24) is 10.2 Å². The molecule has 5 aliphatic rings. The average Bonchev–Trinajstić information content (AvgIpc) is 2.77. The number of nitrogens with two attached hydrogens (primary N) is 1. The fraction of sp³-hybridized carbons (Fsp3) is 0.526. The Bertz CT molecular complexity index is 799. The molecular weight excluding hydrogens is 334 g/mol. The number of carbonyl (C=O) groups excluding carboxylic acids is 3. The second kappa shape index (κ2) is 5.30. The molecule has 0 radical (unpaired) electrons. The summed E-state index contributed by atoms with van der Waals surface area (Å²) in [6, 6.07) is 4.59. The van der Waals surface area contributed by atoms with E-state index in [0.29, 0.717) is 23.1 Å². The van der Waals surface area contributed by atoms with Gasteiger partial charge in [-0.25, -0.2) is 0 Å². The predicted molar refractivity (Wildman–Crippen MR) is 92.0 cm³/mol. The lowest BCUT2D eigenvalue weighted by molar-refractivity contribution is -0.233. The third-order valence-electron chi connectivity index (χ3n) is 6.15. The van der Waals surface area contributed by atoms with Crippen LogP contribution in [0.5, 0.6) is 0 Å². The fourth-order valence-electron chi connectivity index (χ4n) is 5.39. The Hall–Kier alpha value is -2.41. The van der Waals surface area contributed by atoms with Crippen molar-refractivity contribution in [2.45, 2.75) is 43.9 Å². The highest BCUT2D eigenvalue weighted by Gasteiger charge is 2.53. The van der Waals surface area contributed by atoms with Gasteiger partial charge in [-0.05, 0) is 62.1 Å². The quantitative estimate of drug-likeness (QED) is 0.628. The van der Waals surface area contributed by atoms with Crippen LogP contribution in [0, 0.1) is 11.8 Å². The summed E-state index contributed by atoms with van der Waals surface area (Å²) in [5.74, 6) is -0.0763. The first-order valence-corrected chi connectivity index (χ1v) is 9.17. The largest absolute Gasteiger partial charge is 0.399 e. The number of nitrogens with one attached hydrogen (secondary N) is 1. The molecule has 3 heterocycles. The molecule has 2 aliphatic carbocycles. The summed E-state index contributed by atoms with van der Waals surface area (Å²) in [6.45, 7) is -0.294. The van der Waals surface area contributed by atoms with Crippen molar-refractivity contribution < 1.29 is 19.1 Å². The molecule has 0 spiro atoms. The van der Waals surface area contributed by atoms with Crippen LogP contribution < -0.4 is 11.1 Å². The van der Waals surface area contributed by atoms with Crippen LogP contribution in [0.1, 0.15) is 52.8 Å². The zero-order valence-electron chi connectivity index (χ0n) is 14.4. The van der Waals surface area contributed by atoms with E-state index >= 15 is 0 Å². The molecule has 4 fully saturated rings. The second-order valence-electron chi connectivity index (χ2n) is 8.13. The monoisotopic (exact) mass is 355 g/mol. The topological polar surface area (TPSA) is 102 Å². The lowest BCUT2D eigenvalue weighted by Gasteiger charge is -2.56. The van der Waals surface area contributed by atoms with Crippen LogP contribution in [-0.2, 0) is 9.53 Å². The molecule has 3 aliphatic heterocycles. The molecule has 1 aromatic rings. The number of fused-ring (bicyclic) bond motifs is 1. The van der Waals surface area contributed by atoms with Crippen molar-refractivity contribution in [2.75, 3.05) is 12.3 Å². The number of hydrogen-bond donors (Lipinski definition) is 2. The summed E-state index contributed by atoms with van der Waals surface area (Å²) in [7, 11) is 0. The van der Waals surface area contributed by atoms with Crippen molar-refractivity contribution in [1.29, 1.82) is 0 Å². The highest BCUT2D eigenvalue weighted by Crippen LogP contribution is 2.51. The van der Waals surface area contributed by atoms with Gasteiger partial charge >= 0.3 is 0 Å². The zero-order chi connectivity index (χ0) is 18.1. The molecule has 0 aromatic heterocycles. The first-order valence-electron chi connectivity index (χ1n) is 9.17. The zero-order valence-corrected chi connectivity index (χ0v) is 14.4. The SMILES string of the molecule is Nc1ccc2c(c1)C(=O)N(CC(=O)NC13C[C@@H]4CC(C[C@@H](C4)C1)O3)C2=O. The summed E-state index contributed by atoms with van der Waals surface area (Å²) >= 11 is 0. The minimum atomic E-state index is -0.616. The molecule has 7 heteroatoms. The first kappa shape index (κ1) is 15.8. The van der Waals surface area contributed by atoms with Gasteiger partial charge in [0.25, 0.3) is 11.8 Å². The number of carbonyl (C=O) groups is 3. The average molecular weight is 355 g/mol. The molecule has 2 unspecified atom stereocenters. The van der Waals surface area contributed by atoms with Crippen LogP contribution in [0.15, 0.2) is 18.2 Å². The van der Waals surface area contributed by atoms with Crippen LogP contribution >= 0.6 is 0 Å². The van der Waals surface area contributed by atoms with E-state index in [-0.39, 0.29) is 24.1 Å². The molecule has 2 saturated carbocycles. The number of hydrogen-bond acceptors (Lipinski definition) is 5. The summed E-state index contributed by atoms with van der Waals surface area (Å²) < 4.78 is 6.14. The number of imide groups is 1. The number of benzene rings is 1. The van der Waals surface area contributed by atoms with Crippen molar-refractivity contribution in [2.24, 2.45) is 11.8 Å². The van der Waals surface area contributed by atoms with E-state index in [0.717, 1.165) is 30.6 Å². The Kier molecular flexibility index (Phi) is 3.22. The summed E-state index contributed by atoms with van der Waals surface area (Å²) in [5.41, 5.74) is 6.05. The van der Waals surface area contributed by atoms with E-state index in [1.165, 1.54) is 18.6 Å². The standard InChI is InChI=1S/C19H21N3O4/c20-12-1-2-14-15(6-12)18(25)22(17(14)24)9-16(23)21-19-7-10-3-11(8-19)5-13(4-10)26-19/h1-2,6,10-11,13H,3-5,7-9,20H2,(H,21,23)/t10-,11+,13?,19?. The van der Waals surface area contributed by atoms with E-state index < -0.39 is 17.5 Å². The van der Waals surface area contributed by atoms with Crippen LogP contribution in [0.25, 0.3) is 0 Å². The Morgan fingerprint density at radius 1 is 1.15 bits per heavy atom. The molecule has 136 valence electrons. The maximum atomic E-state index is 12.6. The molecule has 4 bridgehead atoms. The van der Waals surface area contributed by atoms with Gasteiger partial charge in [-0.3, -0.25) is 19.3 Å². The van der Waals surface area contributed by atoms with Crippen molar-refractivity contribution in [3.05, 3.63) is 29.3 Å². The van der Waals surface area contributed by atoms with Gasteiger partial charge in [-0.1, -0.05) is 0 Å². The molecule has 3 amide bonds. The van der Waals surface area contributed by atoms with E-state index in [9.17, 15) is 14.4 Å². The predicted octanol–water partition coefficient (Wildman–Crippen LogP) is 1.29. The molecule has 6 rings (SSSR count). The normalized spacial score (nSPS) is 34.3. The van der Waals surface area contributed by atoms with Gasteiger partial charge < -0.3 is 15.8 Å². The number of ether oxygens (including phenoxy) is 1. The molecule has 2 saturated heterocycles. The van der Waals surface area contributed by atoms with Gasteiger partial charge in [0.1, 0.15) is 12.3 Å². The van der Waals surface area contributed by atoms with Gasteiger partial charge in [-0.2, -0.15) is 0 Å². The smallest absolute Gasteiger partial charge is 0.262 e. The maximum absolute atomic E-state index is 12.6. The highest BCUT2D eigenvalue weighted by atomic mass is 16.5. The number of anilines is 1. The third kappa shape index (κ3) is 2.34. The number of amides is 3. The minimum Gasteiger partial charge on any atom is -0.399 e. The Labute approximate surface area is 150 Å². The molecule has 7 nitrogen and oxygen atoms in total. The van der Waals surface area contributed by atoms with Crippen LogP contribution in [0.3, 0.4) is 0 Å². The lowest BCUT2D eigenvalue weighted by Crippen LogP contribution is -2.64. The van der Waals surface area contributed by atoms with Gasteiger partial charge in [0.15, 0.2) is 0 Å². The lowest BCUT2D eigenvalue weighted by atomic mass is 9.65. The van der Waals surface area contributed by atoms with E-state index in [1.807, 2.05) is 0 Å². The van der Waals surface area contributed by atoms with Gasteiger partial charge in [0.05, 0.1) is 17.2 Å². The Balaban J connectivity index is 1.31. The Morgan fingerprint density at radius 2 is 1.85 bits per heavy atom. The number of rotatable bonds is 3. The van der Waals surface area contributed by atoms with E-state index in [1.54, 1.807) is 6.07 Å². The van der Waals surface area contributed by atoms with Crippen molar-refractivity contribution in [3.8, 4) is 0 Å². The summed E-state index contributed by atoms with van der Waals surface area (Å²) in [5, 5.41) is 3.00. The summed E-state index contributed by atoms with van der Waals surface area (Å²) in [6.07, 6.45) is 5.25.